The number of nitrogens with one attached hydrogen (secondary N) is 2. The summed E-state index contributed by atoms with van der Waals surface area (Å²) in [4.78, 5) is 0. The van der Waals surface area contributed by atoms with Crippen LogP contribution < -0.4 is 9.44 Å². The van der Waals surface area contributed by atoms with Crippen LogP contribution in [-0.4, -0.2) is 26.6 Å². The molecule has 0 saturated carbocycles. The molecule has 6 heteroatoms. The average Bonchev–Trinajstić information content (AvgIpc) is 2.20. The molecule has 0 radical (unpaired) electrons. The Morgan fingerprint density at radius 3 is 2.56 bits per heavy atom. The van der Waals surface area contributed by atoms with Gasteiger partial charge < -0.3 is 5.11 Å². The van der Waals surface area contributed by atoms with Crippen molar-refractivity contribution < 1.29 is 13.5 Å². The van der Waals surface area contributed by atoms with Gasteiger partial charge in [-0.1, -0.05) is 25.1 Å². The third-order valence-corrected chi connectivity index (χ3v) is 3.27. The molecule has 0 aliphatic heterocycles. The molecule has 0 unspecified atom stereocenters. The van der Waals surface area contributed by atoms with Gasteiger partial charge in [0.25, 0.3) is 10.2 Å². The fourth-order valence-corrected chi connectivity index (χ4v) is 2.14. The molecule has 0 bridgehead atoms. The third-order valence-electron chi connectivity index (χ3n) is 2.01. The lowest BCUT2D eigenvalue weighted by atomic mass is 10.1. The summed E-state index contributed by atoms with van der Waals surface area (Å²) in [5.74, 6) is 0.185. The smallest absolute Gasteiger partial charge is 0.276 e. The molecule has 0 fully saturated rings. The van der Waals surface area contributed by atoms with Crippen molar-refractivity contribution in [2.45, 2.75) is 13.3 Å². The van der Waals surface area contributed by atoms with E-state index in [1.54, 1.807) is 31.2 Å². The molecule has 90 valence electrons. The van der Waals surface area contributed by atoms with Gasteiger partial charge >= 0.3 is 0 Å². The van der Waals surface area contributed by atoms with Crippen LogP contribution in [0.15, 0.2) is 24.3 Å². The second-order valence-electron chi connectivity index (χ2n) is 3.27. The highest BCUT2D eigenvalue weighted by molar-refractivity contribution is 7.87. The lowest BCUT2D eigenvalue weighted by Gasteiger charge is -2.07. The zero-order valence-corrected chi connectivity index (χ0v) is 9.92. The first-order valence-corrected chi connectivity index (χ1v) is 6.54. The zero-order valence-electron chi connectivity index (χ0n) is 9.10. The second kappa shape index (κ2) is 5.83. The van der Waals surface area contributed by atoms with Crippen molar-refractivity contribution >= 4 is 10.2 Å². The van der Waals surface area contributed by atoms with Gasteiger partial charge in [-0.15, -0.1) is 0 Å². The largest absolute Gasteiger partial charge is 0.508 e. The Bertz CT molecular complexity index is 431. The standard InChI is InChI=1S/C10H16N2O3S/c1-2-11-16(14,15)12-8-7-9-5-3-4-6-10(9)13/h3-6,11-13H,2,7-8H2,1H3. The summed E-state index contributed by atoms with van der Waals surface area (Å²) >= 11 is 0. The van der Waals surface area contributed by atoms with Crippen LogP contribution in [0.25, 0.3) is 0 Å². The van der Waals surface area contributed by atoms with E-state index in [-0.39, 0.29) is 12.3 Å². The number of para-hydroxylation sites is 1. The van der Waals surface area contributed by atoms with E-state index in [0.717, 1.165) is 5.56 Å². The van der Waals surface area contributed by atoms with Crippen molar-refractivity contribution in [2.75, 3.05) is 13.1 Å². The molecule has 16 heavy (non-hydrogen) atoms. The predicted octanol–water partition coefficient (Wildman–Crippen LogP) is 0.379. The lowest BCUT2D eigenvalue weighted by Crippen LogP contribution is -2.37. The van der Waals surface area contributed by atoms with Gasteiger partial charge in [0.05, 0.1) is 0 Å². The number of hydrogen-bond donors (Lipinski definition) is 3. The highest BCUT2D eigenvalue weighted by Gasteiger charge is 2.07. The summed E-state index contributed by atoms with van der Waals surface area (Å²) < 4.78 is 27.1. The second-order valence-corrected chi connectivity index (χ2v) is 4.86. The minimum atomic E-state index is -3.40. The molecule has 0 atom stereocenters. The molecule has 0 saturated heterocycles. The van der Waals surface area contributed by atoms with Gasteiger partial charge in [0, 0.05) is 13.1 Å². The van der Waals surface area contributed by atoms with Gasteiger partial charge in [-0.3, -0.25) is 0 Å². The summed E-state index contributed by atoms with van der Waals surface area (Å²) in [6.45, 7) is 2.32. The number of aromatic hydroxyl groups is 1. The van der Waals surface area contributed by atoms with E-state index in [4.69, 9.17) is 0 Å². The van der Waals surface area contributed by atoms with Crippen LogP contribution in [-0.2, 0) is 16.6 Å². The molecular weight excluding hydrogens is 228 g/mol. The molecule has 0 aliphatic carbocycles. The van der Waals surface area contributed by atoms with Crippen LogP contribution >= 0.6 is 0 Å². The molecule has 3 N–H and O–H groups in total. The molecular formula is C10H16N2O3S. The first kappa shape index (κ1) is 13.0. The average molecular weight is 244 g/mol. The van der Waals surface area contributed by atoms with E-state index >= 15 is 0 Å². The van der Waals surface area contributed by atoms with Crippen molar-refractivity contribution in [1.82, 2.24) is 9.44 Å². The number of phenols is 1. The maximum absolute atomic E-state index is 11.2. The summed E-state index contributed by atoms with van der Waals surface area (Å²) in [5, 5.41) is 9.45. The fourth-order valence-electron chi connectivity index (χ4n) is 1.28. The molecule has 1 aromatic carbocycles. The molecule has 1 rings (SSSR count). The maximum atomic E-state index is 11.2. The SMILES string of the molecule is CCNS(=O)(=O)NCCc1ccccc1O. The monoisotopic (exact) mass is 244 g/mol. The molecule has 0 spiro atoms. The molecule has 0 aliphatic rings. The zero-order chi connectivity index (χ0) is 12.0. The summed E-state index contributed by atoms with van der Waals surface area (Å²) in [5.41, 5.74) is 0.724. The van der Waals surface area contributed by atoms with Crippen LogP contribution in [0.5, 0.6) is 5.75 Å². The van der Waals surface area contributed by atoms with Crippen LogP contribution in [0.3, 0.4) is 0 Å². The number of hydrogen-bond acceptors (Lipinski definition) is 3. The summed E-state index contributed by atoms with van der Waals surface area (Å²) in [7, 11) is -3.40. The first-order valence-electron chi connectivity index (χ1n) is 5.06. The fraction of sp³-hybridized carbons (Fsp3) is 0.400. The van der Waals surface area contributed by atoms with Gasteiger partial charge in [-0.25, -0.2) is 9.44 Å². The van der Waals surface area contributed by atoms with E-state index in [9.17, 15) is 13.5 Å². The minimum Gasteiger partial charge on any atom is -0.508 e. The minimum absolute atomic E-state index is 0.185. The van der Waals surface area contributed by atoms with Crippen molar-refractivity contribution in [3.05, 3.63) is 29.8 Å². The van der Waals surface area contributed by atoms with Crippen molar-refractivity contribution in [1.29, 1.82) is 0 Å². The highest BCUT2D eigenvalue weighted by Crippen LogP contribution is 2.15. The molecule has 0 amide bonds. The molecule has 5 nitrogen and oxygen atoms in total. The molecule has 0 aromatic heterocycles. The Hall–Kier alpha value is -1.11. The van der Waals surface area contributed by atoms with Crippen molar-refractivity contribution in [3.63, 3.8) is 0 Å². The number of rotatable bonds is 6. The molecule has 0 heterocycles. The van der Waals surface area contributed by atoms with Crippen LogP contribution in [0, 0.1) is 0 Å². The Morgan fingerprint density at radius 2 is 1.94 bits per heavy atom. The van der Waals surface area contributed by atoms with Crippen LogP contribution in [0.1, 0.15) is 12.5 Å². The quantitative estimate of drug-likeness (QED) is 0.677. The van der Waals surface area contributed by atoms with Crippen molar-refractivity contribution in [3.8, 4) is 5.75 Å². The highest BCUT2D eigenvalue weighted by atomic mass is 32.2. The van der Waals surface area contributed by atoms with E-state index in [2.05, 4.69) is 9.44 Å². The Kier molecular flexibility index (Phi) is 4.72. The molecule has 1 aromatic rings. The van der Waals surface area contributed by atoms with Gasteiger partial charge in [-0.2, -0.15) is 8.42 Å². The van der Waals surface area contributed by atoms with Crippen LogP contribution in [0.2, 0.25) is 0 Å². The lowest BCUT2D eigenvalue weighted by molar-refractivity contribution is 0.467. The van der Waals surface area contributed by atoms with Gasteiger partial charge in [-0.05, 0) is 18.1 Å². The van der Waals surface area contributed by atoms with Gasteiger partial charge in [0.1, 0.15) is 5.75 Å². The number of phenolic OH excluding ortho intramolecular Hbond substituents is 1. The first-order chi connectivity index (χ1) is 7.55. The van der Waals surface area contributed by atoms with Crippen LogP contribution in [0.4, 0.5) is 0 Å². The van der Waals surface area contributed by atoms with E-state index in [1.807, 2.05) is 0 Å². The van der Waals surface area contributed by atoms with Gasteiger partial charge in [0.15, 0.2) is 0 Å². The Balaban J connectivity index is 2.45. The third kappa shape index (κ3) is 4.18. The summed E-state index contributed by atoms with van der Waals surface area (Å²) in [6.07, 6.45) is 0.456. The number of benzene rings is 1. The Labute approximate surface area is 95.7 Å². The van der Waals surface area contributed by atoms with Gasteiger partial charge in [0.2, 0.25) is 0 Å². The van der Waals surface area contributed by atoms with E-state index < -0.39 is 10.2 Å². The van der Waals surface area contributed by atoms with E-state index in [1.165, 1.54) is 0 Å². The predicted molar refractivity (Wildman–Crippen MR) is 62.4 cm³/mol. The Morgan fingerprint density at radius 1 is 1.25 bits per heavy atom. The van der Waals surface area contributed by atoms with Crippen molar-refractivity contribution in [2.24, 2.45) is 0 Å². The normalized spacial score (nSPS) is 11.6. The summed E-state index contributed by atoms with van der Waals surface area (Å²) in [6, 6.07) is 6.86. The van der Waals surface area contributed by atoms with E-state index in [0.29, 0.717) is 13.0 Å². The maximum Gasteiger partial charge on any atom is 0.276 e. The topological polar surface area (TPSA) is 78.4 Å².